The molecule has 1 aliphatic carbocycles. The largest absolute Gasteiger partial charge is 0.381 e. The minimum Gasteiger partial charge on any atom is -0.381 e. The third kappa shape index (κ3) is 3.35. The van der Waals surface area contributed by atoms with Crippen LogP contribution in [0.15, 0.2) is 24.4 Å². The van der Waals surface area contributed by atoms with E-state index in [0.29, 0.717) is 12.3 Å². The summed E-state index contributed by atoms with van der Waals surface area (Å²) >= 11 is 0. The first kappa shape index (κ1) is 17.5. The third-order valence-electron chi connectivity index (χ3n) is 5.57. The number of ether oxygens (including phenoxy) is 1. The van der Waals surface area contributed by atoms with Crippen molar-refractivity contribution in [3.63, 3.8) is 0 Å². The first-order chi connectivity index (χ1) is 12.4. The van der Waals surface area contributed by atoms with Crippen LogP contribution in [-0.4, -0.2) is 28.5 Å². The van der Waals surface area contributed by atoms with Crippen LogP contribution in [0.25, 0.3) is 11.3 Å². The Balaban J connectivity index is 1.69. The standard InChI is InChI=1S/C22H28N2O2/c1-22(2,3)21-23-19(14-24(21)13-15-8-10-26-11-9-15)17-5-4-16-6-7-20(25)18(16)12-17/h4-5,12,14-15H,6-11,13H2,1-3H3. The first-order valence-electron chi connectivity index (χ1n) is 9.74. The molecule has 0 atom stereocenters. The van der Waals surface area contributed by atoms with Crippen LogP contribution >= 0.6 is 0 Å². The van der Waals surface area contributed by atoms with Gasteiger partial charge >= 0.3 is 0 Å². The lowest BCUT2D eigenvalue weighted by molar-refractivity contribution is 0.0607. The van der Waals surface area contributed by atoms with Crippen molar-refractivity contribution >= 4 is 5.78 Å². The van der Waals surface area contributed by atoms with Gasteiger partial charge in [0.15, 0.2) is 5.78 Å². The molecule has 0 amide bonds. The molecule has 1 aromatic carbocycles. The molecule has 138 valence electrons. The summed E-state index contributed by atoms with van der Waals surface area (Å²) in [5, 5.41) is 0. The minimum atomic E-state index is -0.0179. The summed E-state index contributed by atoms with van der Waals surface area (Å²) in [4.78, 5) is 17.1. The van der Waals surface area contributed by atoms with E-state index in [4.69, 9.17) is 9.72 Å². The van der Waals surface area contributed by atoms with Crippen LogP contribution < -0.4 is 0 Å². The molecule has 0 unspecified atom stereocenters. The maximum Gasteiger partial charge on any atom is 0.163 e. The lowest BCUT2D eigenvalue weighted by Crippen LogP contribution is -2.24. The lowest BCUT2D eigenvalue weighted by Gasteiger charge is -2.25. The Hall–Kier alpha value is -1.94. The molecular formula is C22H28N2O2. The van der Waals surface area contributed by atoms with Crippen molar-refractivity contribution in [3.8, 4) is 11.3 Å². The van der Waals surface area contributed by atoms with Crippen LogP contribution in [0.3, 0.4) is 0 Å². The number of carbonyl (C=O) groups excluding carboxylic acids is 1. The average molecular weight is 352 g/mol. The molecule has 0 radical (unpaired) electrons. The van der Waals surface area contributed by atoms with E-state index in [1.165, 1.54) is 5.56 Å². The molecule has 1 fully saturated rings. The van der Waals surface area contributed by atoms with Crippen molar-refractivity contribution in [2.75, 3.05) is 13.2 Å². The molecule has 0 spiro atoms. The summed E-state index contributed by atoms with van der Waals surface area (Å²) in [6.45, 7) is 9.37. The van der Waals surface area contributed by atoms with E-state index < -0.39 is 0 Å². The van der Waals surface area contributed by atoms with Crippen LogP contribution in [0, 0.1) is 5.92 Å². The zero-order chi connectivity index (χ0) is 18.3. The number of Topliss-reactive ketones (excluding diaryl/α,β-unsaturated/α-hetero) is 1. The van der Waals surface area contributed by atoms with Gasteiger partial charge in [-0.2, -0.15) is 0 Å². The van der Waals surface area contributed by atoms with Crippen molar-refractivity contribution < 1.29 is 9.53 Å². The molecule has 2 heterocycles. The molecule has 0 saturated carbocycles. The third-order valence-corrected chi connectivity index (χ3v) is 5.57. The van der Waals surface area contributed by atoms with Gasteiger partial charge in [-0.1, -0.05) is 32.9 Å². The number of benzene rings is 1. The van der Waals surface area contributed by atoms with E-state index in [1.807, 2.05) is 6.07 Å². The van der Waals surface area contributed by atoms with Gasteiger partial charge in [0.25, 0.3) is 0 Å². The Labute approximate surface area is 155 Å². The minimum absolute atomic E-state index is 0.0179. The number of hydrogen-bond donors (Lipinski definition) is 0. The molecule has 26 heavy (non-hydrogen) atoms. The monoisotopic (exact) mass is 352 g/mol. The molecule has 1 saturated heterocycles. The number of carbonyl (C=O) groups is 1. The van der Waals surface area contributed by atoms with Gasteiger partial charge in [0.1, 0.15) is 5.82 Å². The smallest absolute Gasteiger partial charge is 0.163 e. The van der Waals surface area contributed by atoms with Crippen LogP contribution in [0.1, 0.15) is 61.8 Å². The zero-order valence-electron chi connectivity index (χ0n) is 16.0. The zero-order valence-corrected chi connectivity index (χ0v) is 16.0. The SMILES string of the molecule is CC(C)(C)c1nc(-c2ccc3c(c2)C(=O)CC3)cn1CC1CCOCC1. The number of rotatable bonds is 3. The van der Waals surface area contributed by atoms with Crippen LogP contribution in [0.5, 0.6) is 0 Å². The van der Waals surface area contributed by atoms with Crippen LogP contribution in [0.4, 0.5) is 0 Å². The fourth-order valence-electron chi connectivity index (χ4n) is 4.10. The molecule has 0 N–H and O–H groups in total. The molecule has 2 aliphatic rings. The van der Waals surface area contributed by atoms with E-state index in [1.54, 1.807) is 0 Å². The first-order valence-corrected chi connectivity index (χ1v) is 9.74. The van der Waals surface area contributed by atoms with Gasteiger partial charge in [-0.3, -0.25) is 4.79 Å². The Morgan fingerprint density at radius 3 is 2.69 bits per heavy atom. The quantitative estimate of drug-likeness (QED) is 0.822. The Bertz CT molecular complexity index is 823. The second-order valence-corrected chi connectivity index (χ2v) is 8.70. The van der Waals surface area contributed by atoms with Gasteiger partial charge in [-0.15, -0.1) is 0 Å². The van der Waals surface area contributed by atoms with Crippen molar-refractivity contribution in [2.24, 2.45) is 5.92 Å². The molecular weight excluding hydrogens is 324 g/mol. The average Bonchev–Trinajstić information content (AvgIpc) is 3.20. The second kappa shape index (κ2) is 6.66. The Kier molecular flexibility index (Phi) is 4.47. The molecule has 4 nitrogen and oxygen atoms in total. The van der Waals surface area contributed by atoms with Gasteiger partial charge in [0, 0.05) is 48.9 Å². The Morgan fingerprint density at radius 1 is 1.19 bits per heavy atom. The molecule has 4 rings (SSSR count). The van der Waals surface area contributed by atoms with Gasteiger partial charge in [-0.25, -0.2) is 4.98 Å². The summed E-state index contributed by atoms with van der Waals surface area (Å²) in [5.41, 5.74) is 4.07. The summed E-state index contributed by atoms with van der Waals surface area (Å²) in [5.74, 6) is 2.03. The molecule has 2 aromatic rings. The molecule has 1 aliphatic heterocycles. The van der Waals surface area contributed by atoms with E-state index in [2.05, 4.69) is 43.7 Å². The normalized spacial score (nSPS) is 18.3. The fraction of sp³-hybridized carbons (Fsp3) is 0.545. The lowest BCUT2D eigenvalue weighted by atomic mass is 9.94. The molecule has 1 aromatic heterocycles. The number of imidazole rings is 1. The number of nitrogens with zero attached hydrogens (tertiary/aromatic N) is 2. The number of hydrogen-bond acceptors (Lipinski definition) is 3. The molecule has 0 bridgehead atoms. The topological polar surface area (TPSA) is 44.1 Å². The van der Waals surface area contributed by atoms with Crippen molar-refractivity contribution in [1.82, 2.24) is 9.55 Å². The van der Waals surface area contributed by atoms with Gasteiger partial charge in [-0.05, 0) is 36.8 Å². The van der Waals surface area contributed by atoms with Crippen molar-refractivity contribution in [1.29, 1.82) is 0 Å². The maximum atomic E-state index is 12.1. The highest BCUT2D eigenvalue weighted by Crippen LogP contribution is 2.31. The predicted molar refractivity (Wildman–Crippen MR) is 103 cm³/mol. The summed E-state index contributed by atoms with van der Waals surface area (Å²) < 4.78 is 7.84. The highest BCUT2D eigenvalue weighted by molar-refractivity contribution is 6.01. The van der Waals surface area contributed by atoms with E-state index in [-0.39, 0.29) is 11.2 Å². The number of fused-ring (bicyclic) bond motifs is 1. The Morgan fingerprint density at radius 2 is 1.96 bits per heavy atom. The highest BCUT2D eigenvalue weighted by Gasteiger charge is 2.25. The summed E-state index contributed by atoms with van der Waals surface area (Å²) in [6.07, 6.45) is 5.93. The van der Waals surface area contributed by atoms with Crippen LogP contribution in [-0.2, 0) is 23.1 Å². The summed E-state index contributed by atoms with van der Waals surface area (Å²) in [7, 11) is 0. The number of ketones is 1. The van der Waals surface area contributed by atoms with Crippen molar-refractivity contribution in [3.05, 3.63) is 41.3 Å². The van der Waals surface area contributed by atoms with Gasteiger partial charge in [0.2, 0.25) is 0 Å². The fourth-order valence-corrected chi connectivity index (χ4v) is 4.10. The summed E-state index contributed by atoms with van der Waals surface area (Å²) in [6, 6.07) is 6.26. The van der Waals surface area contributed by atoms with E-state index in [9.17, 15) is 4.79 Å². The van der Waals surface area contributed by atoms with Crippen molar-refractivity contribution in [2.45, 2.75) is 58.4 Å². The number of aryl methyl sites for hydroxylation is 1. The van der Waals surface area contributed by atoms with E-state index in [0.717, 1.165) is 61.7 Å². The van der Waals surface area contributed by atoms with Gasteiger partial charge in [0.05, 0.1) is 5.69 Å². The highest BCUT2D eigenvalue weighted by atomic mass is 16.5. The van der Waals surface area contributed by atoms with E-state index >= 15 is 0 Å². The maximum absolute atomic E-state index is 12.1. The molecule has 4 heteroatoms. The second-order valence-electron chi connectivity index (χ2n) is 8.70. The van der Waals surface area contributed by atoms with Crippen LogP contribution in [0.2, 0.25) is 0 Å². The predicted octanol–water partition coefficient (Wildman–Crippen LogP) is 4.40. The number of aromatic nitrogens is 2. The van der Waals surface area contributed by atoms with Gasteiger partial charge < -0.3 is 9.30 Å².